The Labute approximate surface area is 415 Å². The van der Waals surface area contributed by atoms with E-state index in [-0.39, 0.29) is 37.4 Å². The number of hydrogen-bond donors (Lipinski definition) is 0. The predicted molar refractivity (Wildman–Crippen MR) is 281 cm³/mol. The summed E-state index contributed by atoms with van der Waals surface area (Å²) in [5, 5.41) is 5.79. The molecular weight excluding hydrogens is 1030 g/mol. The SMILES string of the molecule is CC(C)(C)Cc1cc(-c2[c-]cccc2)ncc1[Si](C)(C)C.Cc1ccc2c(n1)oc1cn[c-]c(-c3nc4ccnc(C)c4n3-c3c(C(C)C)cc(-c4ccc5ccccc5c4)cc3C(C)C)c12.[Ir]. The van der Waals surface area contributed by atoms with Crippen molar-refractivity contribution in [3.05, 3.63) is 162 Å². The van der Waals surface area contributed by atoms with E-state index >= 15 is 0 Å². The van der Waals surface area contributed by atoms with Crippen LogP contribution in [0.2, 0.25) is 19.6 Å². The van der Waals surface area contributed by atoms with Crippen molar-refractivity contribution in [2.75, 3.05) is 0 Å². The second-order valence-electron chi connectivity index (χ2n) is 20.8. The number of aryl methyl sites for hydroxylation is 2. The first-order valence-corrected chi connectivity index (χ1v) is 27.0. The largest absolute Gasteiger partial charge is 0.457 e. The number of imidazole rings is 1. The molecular formula is C59H60IrN6OSi-2. The summed E-state index contributed by atoms with van der Waals surface area (Å²) in [5.74, 6) is 1.22. The van der Waals surface area contributed by atoms with Gasteiger partial charge in [-0.2, -0.15) is 0 Å². The Morgan fingerprint density at radius 3 is 2.15 bits per heavy atom. The predicted octanol–water partition coefficient (Wildman–Crippen LogP) is 14.9. The maximum absolute atomic E-state index is 6.21. The number of furan rings is 1. The summed E-state index contributed by atoms with van der Waals surface area (Å²) in [6, 6.07) is 39.7. The molecule has 7 nitrogen and oxygen atoms in total. The van der Waals surface area contributed by atoms with Crippen LogP contribution in [0.5, 0.6) is 0 Å². The molecule has 9 heteroatoms. The second-order valence-corrected chi connectivity index (χ2v) is 25.8. The van der Waals surface area contributed by atoms with Crippen molar-refractivity contribution in [1.29, 1.82) is 0 Å². The van der Waals surface area contributed by atoms with Gasteiger partial charge in [-0.1, -0.05) is 128 Å². The van der Waals surface area contributed by atoms with Crippen LogP contribution in [-0.2, 0) is 26.5 Å². The Balaban J connectivity index is 0.000000240. The van der Waals surface area contributed by atoms with Gasteiger partial charge in [-0.25, -0.2) is 4.98 Å². The van der Waals surface area contributed by atoms with Gasteiger partial charge < -0.3 is 19.0 Å². The van der Waals surface area contributed by atoms with Crippen LogP contribution in [0, 0.1) is 31.5 Å². The van der Waals surface area contributed by atoms with E-state index in [0.717, 1.165) is 67.9 Å². The summed E-state index contributed by atoms with van der Waals surface area (Å²) >= 11 is 0. The Morgan fingerprint density at radius 2 is 1.47 bits per heavy atom. The minimum absolute atomic E-state index is 0. The molecule has 347 valence electrons. The van der Waals surface area contributed by atoms with Crippen molar-refractivity contribution in [2.45, 2.75) is 100 Å². The van der Waals surface area contributed by atoms with Gasteiger partial charge in [0.25, 0.3) is 0 Å². The van der Waals surface area contributed by atoms with E-state index < -0.39 is 8.07 Å². The minimum atomic E-state index is -1.37. The van der Waals surface area contributed by atoms with Crippen molar-refractivity contribution in [1.82, 2.24) is 29.5 Å². The fourth-order valence-corrected chi connectivity index (χ4v) is 10.9. The van der Waals surface area contributed by atoms with Gasteiger partial charge in [-0.15, -0.1) is 35.9 Å². The Bertz CT molecular complexity index is 3420. The molecule has 4 aromatic carbocycles. The monoisotopic (exact) mass is 1090 g/mol. The van der Waals surface area contributed by atoms with Crippen LogP contribution in [0.1, 0.15) is 88.4 Å². The average Bonchev–Trinajstić information content (AvgIpc) is 3.87. The number of pyridine rings is 4. The molecule has 0 saturated carbocycles. The van der Waals surface area contributed by atoms with Gasteiger partial charge in [0.05, 0.1) is 36.2 Å². The number of rotatable bonds is 8. The first-order chi connectivity index (χ1) is 31.9. The van der Waals surface area contributed by atoms with Crippen LogP contribution in [0.4, 0.5) is 0 Å². The average molecular weight is 1090 g/mol. The van der Waals surface area contributed by atoms with E-state index in [1.54, 1.807) is 6.20 Å². The molecule has 0 unspecified atom stereocenters. The molecule has 1 radical (unpaired) electrons. The van der Waals surface area contributed by atoms with Gasteiger partial charge in [0.1, 0.15) is 0 Å². The van der Waals surface area contributed by atoms with Gasteiger partial charge in [-0.05, 0) is 130 Å². The van der Waals surface area contributed by atoms with Gasteiger partial charge in [0, 0.05) is 49.3 Å². The summed E-state index contributed by atoms with van der Waals surface area (Å²) in [6.45, 7) is 27.2. The number of hydrogen-bond acceptors (Lipinski definition) is 6. The Kier molecular flexibility index (Phi) is 13.6. The van der Waals surface area contributed by atoms with E-state index in [1.165, 1.54) is 43.8 Å². The van der Waals surface area contributed by atoms with Crippen LogP contribution >= 0.6 is 0 Å². The third kappa shape index (κ3) is 9.62. The van der Waals surface area contributed by atoms with Crippen molar-refractivity contribution in [2.24, 2.45) is 5.41 Å². The molecule has 0 fully saturated rings. The normalized spacial score (nSPS) is 12.0. The molecule has 0 aliphatic rings. The zero-order valence-corrected chi connectivity index (χ0v) is 44.7. The molecule has 0 atom stereocenters. The number of fused-ring (bicyclic) bond motifs is 5. The molecule has 0 spiro atoms. The maximum Gasteiger partial charge on any atom is 0.216 e. The van der Waals surface area contributed by atoms with Crippen LogP contribution in [0.3, 0.4) is 0 Å². The molecule has 6 heterocycles. The first kappa shape index (κ1) is 48.3. The molecule has 0 saturated heterocycles. The van der Waals surface area contributed by atoms with Crippen molar-refractivity contribution >= 4 is 57.1 Å². The van der Waals surface area contributed by atoms with Crippen molar-refractivity contribution in [3.8, 4) is 39.5 Å². The topological polar surface area (TPSA) is 82.5 Å². The summed E-state index contributed by atoms with van der Waals surface area (Å²) in [5.41, 5.74) is 15.6. The molecule has 10 aromatic rings. The van der Waals surface area contributed by atoms with Gasteiger partial charge >= 0.3 is 0 Å². The van der Waals surface area contributed by atoms with E-state index in [2.05, 4.69) is 181 Å². The minimum Gasteiger partial charge on any atom is -0.457 e. The summed E-state index contributed by atoms with van der Waals surface area (Å²) < 4.78 is 8.52. The smallest absolute Gasteiger partial charge is 0.216 e. The van der Waals surface area contributed by atoms with Gasteiger partial charge in [0.15, 0.2) is 0 Å². The van der Waals surface area contributed by atoms with Crippen LogP contribution < -0.4 is 5.19 Å². The molecule has 0 amide bonds. The quantitative estimate of drug-likeness (QED) is 0.111. The van der Waals surface area contributed by atoms with Gasteiger partial charge in [0.2, 0.25) is 5.71 Å². The standard InChI is InChI=1S/C40H34N5O.C19H26NSi.Ir/c1-22(2)31-18-29(28-13-12-26-9-7-8-10-27(26)17-28)19-32(23(3)4)38(31)45-37-25(6)42-16-15-34(37)44-39(45)33-20-41-21-35-36(33)30-14-11-24(5)43-40(30)46-35;1-19(2,3)13-16-12-17(15-10-8-7-9-11-15)20-14-18(16)21(4,5)6;/h7-19,21-23H,1-6H3;7-10,12,14H,13H2,1-6H3;/q2*-1;. The van der Waals surface area contributed by atoms with Crippen LogP contribution in [0.15, 0.2) is 126 Å². The maximum atomic E-state index is 6.21. The Morgan fingerprint density at radius 1 is 0.750 bits per heavy atom. The summed E-state index contributed by atoms with van der Waals surface area (Å²) in [6.07, 6.45) is 10.1. The zero-order valence-electron chi connectivity index (χ0n) is 41.3. The fourth-order valence-electron chi connectivity index (χ4n) is 9.32. The van der Waals surface area contributed by atoms with Crippen molar-refractivity contribution in [3.63, 3.8) is 0 Å². The van der Waals surface area contributed by atoms with Crippen molar-refractivity contribution < 1.29 is 24.5 Å². The fraction of sp³-hybridized carbons (Fsp3) is 0.271. The third-order valence-electron chi connectivity index (χ3n) is 12.5. The van der Waals surface area contributed by atoms with Crippen LogP contribution in [-0.4, -0.2) is 37.6 Å². The third-order valence-corrected chi connectivity index (χ3v) is 14.6. The molecule has 6 aromatic heterocycles. The van der Waals surface area contributed by atoms with Crippen LogP contribution in [0.25, 0.3) is 83.3 Å². The number of benzene rings is 4. The van der Waals surface area contributed by atoms with Gasteiger partial charge in [-0.3, -0.25) is 9.97 Å². The summed E-state index contributed by atoms with van der Waals surface area (Å²) in [4.78, 5) is 23.9. The van der Waals surface area contributed by atoms with E-state index in [0.29, 0.717) is 11.3 Å². The van der Waals surface area contributed by atoms with E-state index in [4.69, 9.17) is 19.4 Å². The molecule has 68 heavy (non-hydrogen) atoms. The molecule has 10 rings (SSSR count). The first-order valence-electron chi connectivity index (χ1n) is 23.5. The molecule has 0 aliphatic carbocycles. The summed E-state index contributed by atoms with van der Waals surface area (Å²) in [7, 11) is -1.37. The van der Waals surface area contributed by atoms with E-state index in [1.807, 2.05) is 43.5 Å². The second kappa shape index (κ2) is 19.1. The number of nitrogens with zero attached hydrogens (tertiary/aromatic N) is 6. The van der Waals surface area contributed by atoms with E-state index in [9.17, 15) is 0 Å². The number of aromatic nitrogens is 6. The zero-order chi connectivity index (χ0) is 47.4. The molecule has 0 N–H and O–H groups in total. The molecule has 0 bridgehead atoms. The Hall–Kier alpha value is -6.12. The molecule has 0 aliphatic heterocycles.